The molecule has 0 bridgehead atoms. The molecule has 1 amide bonds. The van der Waals surface area contributed by atoms with Crippen molar-refractivity contribution in [2.45, 2.75) is 20.4 Å². The Kier molecular flexibility index (Phi) is 5.31. The van der Waals surface area contributed by atoms with E-state index >= 15 is 0 Å². The highest BCUT2D eigenvalue weighted by molar-refractivity contribution is 6.35. The zero-order valence-corrected chi connectivity index (χ0v) is 17.4. The minimum absolute atomic E-state index is 0.272. The first-order valence-corrected chi connectivity index (χ1v) is 9.86. The summed E-state index contributed by atoms with van der Waals surface area (Å²) in [7, 11) is 0. The number of oxazole rings is 1. The van der Waals surface area contributed by atoms with E-state index in [4.69, 9.17) is 27.6 Å². The van der Waals surface area contributed by atoms with Gasteiger partial charge in [-0.05, 0) is 73.0 Å². The van der Waals surface area contributed by atoms with Gasteiger partial charge in [-0.1, -0.05) is 35.3 Å². The third-order valence-corrected chi connectivity index (χ3v) is 5.40. The van der Waals surface area contributed by atoms with Crippen LogP contribution in [0.2, 0.25) is 10.0 Å². The summed E-state index contributed by atoms with van der Waals surface area (Å²) in [6, 6.07) is 16.6. The molecule has 1 N–H and O–H groups in total. The summed E-state index contributed by atoms with van der Waals surface area (Å²) in [5.41, 5.74) is 6.16. The summed E-state index contributed by atoms with van der Waals surface area (Å²) in [6.45, 7) is 4.48. The van der Waals surface area contributed by atoms with Crippen LogP contribution in [0.15, 0.2) is 59.0 Å². The number of nitrogens with one attached hydrogen (secondary N) is 1. The van der Waals surface area contributed by atoms with E-state index in [9.17, 15) is 4.79 Å². The number of carbonyl (C=O) groups is 1. The van der Waals surface area contributed by atoms with Crippen LogP contribution < -0.4 is 5.32 Å². The van der Waals surface area contributed by atoms with Gasteiger partial charge in [-0.15, -0.1) is 0 Å². The average molecular weight is 425 g/mol. The van der Waals surface area contributed by atoms with Crippen LogP contribution >= 0.6 is 23.2 Å². The molecule has 29 heavy (non-hydrogen) atoms. The van der Waals surface area contributed by atoms with E-state index in [1.165, 1.54) is 11.1 Å². The minimum atomic E-state index is -0.272. The SMILES string of the molecule is Cc1cc2nc(-c3ccc(CNC(=O)c4cc(Cl)ccc4Cl)cc3)oc2cc1C. The van der Waals surface area contributed by atoms with Crippen LogP contribution in [-0.2, 0) is 6.54 Å². The van der Waals surface area contributed by atoms with Gasteiger partial charge in [-0.2, -0.15) is 0 Å². The Bertz CT molecular complexity index is 1170. The van der Waals surface area contributed by atoms with Gasteiger partial charge in [0, 0.05) is 17.1 Å². The fraction of sp³-hybridized carbons (Fsp3) is 0.130. The van der Waals surface area contributed by atoms with E-state index in [-0.39, 0.29) is 5.91 Å². The topological polar surface area (TPSA) is 55.1 Å². The molecule has 0 atom stereocenters. The Labute approximate surface area is 178 Å². The molecule has 0 spiro atoms. The van der Waals surface area contributed by atoms with Crippen LogP contribution in [0.1, 0.15) is 27.0 Å². The van der Waals surface area contributed by atoms with Gasteiger partial charge in [0.2, 0.25) is 5.89 Å². The number of aromatic nitrogens is 1. The summed E-state index contributed by atoms with van der Waals surface area (Å²) in [5, 5.41) is 3.69. The molecule has 0 fully saturated rings. The lowest BCUT2D eigenvalue weighted by Crippen LogP contribution is -2.23. The number of hydrogen-bond acceptors (Lipinski definition) is 3. The van der Waals surface area contributed by atoms with Crippen molar-refractivity contribution < 1.29 is 9.21 Å². The number of aryl methyl sites for hydroxylation is 2. The Hall–Kier alpha value is -2.82. The van der Waals surface area contributed by atoms with Crippen LogP contribution in [0.3, 0.4) is 0 Å². The van der Waals surface area contributed by atoms with Gasteiger partial charge in [0.15, 0.2) is 5.58 Å². The average Bonchev–Trinajstić information content (AvgIpc) is 3.11. The zero-order chi connectivity index (χ0) is 20.5. The molecule has 0 radical (unpaired) electrons. The van der Waals surface area contributed by atoms with Crippen LogP contribution in [0, 0.1) is 13.8 Å². The van der Waals surface area contributed by atoms with E-state index in [0.717, 1.165) is 22.2 Å². The highest BCUT2D eigenvalue weighted by atomic mass is 35.5. The van der Waals surface area contributed by atoms with Gasteiger partial charge >= 0.3 is 0 Å². The Morgan fingerprint density at radius 1 is 1.00 bits per heavy atom. The maximum Gasteiger partial charge on any atom is 0.253 e. The molecule has 4 nitrogen and oxygen atoms in total. The number of carbonyl (C=O) groups excluding carboxylic acids is 1. The van der Waals surface area contributed by atoms with Crippen molar-refractivity contribution in [2.75, 3.05) is 0 Å². The summed E-state index contributed by atoms with van der Waals surface area (Å²) >= 11 is 12.0. The molecule has 0 aliphatic carbocycles. The molecular formula is C23H18Cl2N2O2. The number of rotatable bonds is 4. The molecule has 4 rings (SSSR count). The van der Waals surface area contributed by atoms with E-state index in [2.05, 4.69) is 24.1 Å². The van der Waals surface area contributed by atoms with Crippen LogP contribution in [-0.4, -0.2) is 10.9 Å². The van der Waals surface area contributed by atoms with Crippen molar-refractivity contribution in [1.82, 2.24) is 10.3 Å². The smallest absolute Gasteiger partial charge is 0.253 e. The molecule has 6 heteroatoms. The van der Waals surface area contributed by atoms with Crippen molar-refractivity contribution in [3.8, 4) is 11.5 Å². The summed E-state index contributed by atoms with van der Waals surface area (Å²) in [6.07, 6.45) is 0. The lowest BCUT2D eigenvalue weighted by Gasteiger charge is -2.08. The Morgan fingerprint density at radius 3 is 2.48 bits per heavy atom. The molecular weight excluding hydrogens is 407 g/mol. The molecule has 1 aromatic heterocycles. The number of benzene rings is 3. The molecule has 0 aliphatic rings. The van der Waals surface area contributed by atoms with Crippen LogP contribution in [0.4, 0.5) is 0 Å². The predicted octanol–water partition coefficient (Wildman–Crippen LogP) is 6.35. The molecule has 146 valence electrons. The maximum absolute atomic E-state index is 12.4. The lowest BCUT2D eigenvalue weighted by atomic mass is 10.1. The zero-order valence-electron chi connectivity index (χ0n) is 15.9. The number of hydrogen-bond donors (Lipinski definition) is 1. The standard InChI is InChI=1S/C23H18Cl2N2O2/c1-13-9-20-21(10-14(13)2)29-23(27-20)16-5-3-15(4-6-16)12-26-22(28)18-11-17(24)7-8-19(18)25/h3-11H,12H2,1-2H3,(H,26,28). The summed E-state index contributed by atoms with van der Waals surface area (Å²) in [4.78, 5) is 16.9. The predicted molar refractivity (Wildman–Crippen MR) is 117 cm³/mol. The van der Waals surface area contributed by atoms with Crippen molar-refractivity contribution in [3.63, 3.8) is 0 Å². The number of halogens is 2. The highest BCUT2D eigenvalue weighted by Gasteiger charge is 2.12. The maximum atomic E-state index is 12.4. The monoisotopic (exact) mass is 424 g/mol. The second kappa shape index (κ2) is 7.90. The second-order valence-corrected chi connectivity index (χ2v) is 7.77. The first-order chi connectivity index (χ1) is 13.9. The van der Waals surface area contributed by atoms with Gasteiger partial charge < -0.3 is 9.73 Å². The van der Waals surface area contributed by atoms with Crippen molar-refractivity contribution in [1.29, 1.82) is 0 Å². The van der Waals surface area contributed by atoms with E-state index in [1.54, 1.807) is 18.2 Å². The molecule has 3 aromatic carbocycles. The lowest BCUT2D eigenvalue weighted by molar-refractivity contribution is 0.0951. The molecule has 0 unspecified atom stereocenters. The summed E-state index contributed by atoms with van der Waals surface area (Å²) in [5.74, 6) is 0.303. The molecule has 0 saturated heterocycles. The van der Waals surface area contributed by atoms with Gasteiger partial charge in [0.25, 0.3) is 5.91 Å². The normalized spacial score (nSPS) is 11.0. The quantitative estimate of drug-likeness (QED) is 0.415. The Morgan fingerprint density at radius 2 is 1.72 bits per heavy atom. The van der Waals surface area contributed by atoms with Crippen molar-refractivity contribution in [2.24, 2.45) is 0 Å². The number of nitrogens with zero attached hydrogens (tertiary/aromatic N) is 1. The van der Waals surface area contributed by atoms with E-state index < -0.39 is 0 Å². The first-order valence-electron chi connectivity index (χ1n) is 9.11. The fourth-order valence-electron chi connectivity index (χ4n) is 3.02. The van der Waals surface area contributed by atoms with Gasteiger partial charge in [0.05, 0.1) is 10.6 Å². The van der Waals surface area contributed by atoms with Crippen LogP contribution in [0.5, 0.6) is 0 Å². The van der Waals surface area contributed by atoms with E-state index in [0.29, 0.717) is 28.0 Å². The molecule has 4 aromatic rings. The molecule has 0 saturated carbocycles. The number of amides is 1. The first kappa shape index (κ1) is 19.5. The largest absolute Gasteiger partial charge is 0.436 e. The molecule has 1 heterocycles. The van der Waals surface area contributed by atoms with Gasteiger partial charge in [0.1, 0.15) is 5.52 Å². The van der Waals surface area contributed by atoms with E-state index in [1.807, 2.05) is 36.4 Å². The number of fused-ring (bicyclic) bond motifs is 1. The molecule has 0 aliphatic heterocycles. The third-order valence-electron chi connectivity index (χ3n) is 4.83. The second-order valence-electron chi connectivity index (χ2n) is 6.93. The van der Waals surface area contributed by atoms with Crippen LogP contribution in [0.25, 0.3) is 22.6 Å². The highest BCUT2D eigenvalue weighted by Crippen LogP contribution is 2.26. The fourth-order valence-corrected chi connectivity index (χ4v) is 3.39. The van der Waals surface area contributed by atoms with Crippen molar-refractivity contribution >= 4 is 40.2 Å². The van der Waals surface area contributed by atoms with Crippen molar-refractivity contribution in [3.05, 3.63) is 86.9 Å². The van der Waals surface area contributed by atoms with Gasteiger partial charge in [-0.25, -0.2) is 4.98 Å². The van der Waals surface area contributed by atoms with Gasteiger partial charge in [-0.3, -0.25) is 4.79 Å². The minimum Gasteiger partial charge on any atom is -0.436 e. The Balaban J connectivity index is 1.48. The summed E-state index contributed by atoms with van der Waals surface area (Å²) < 4.78 is 5.90. The third kappa shape index (κ3) is 4.14.